The minimum absolute atomic E-state index is 0.340. The molecule has 0 aromatic carbocycles. The van der Waals surface area contributed by atoms with Gasteiger partial charge in [-0.3, -0.25) is 4.99 Å². The molecular formula is C8H13ClN2. The Kier molecular flexibility index (Phi) is 4.79. The number of nitrogens with zero attached hydrogens (tertiary/aromatic N) is 2. The van der Waals surface area contributed by atoms with Crippen LogP contribution in [0.1, 0.15) is 20.8 Å². The molecule has 62 valence electrons. The van der Waals surface area contributed by atoms with E-state index >= 15 is 0 Å². The number of halogens is 1. The van der Waals surface area contributed by atoms with Crippen molar-refractivity contribution in [1.82, 2.24) is 0 Å². The molecule has 3 heteroatoms. The molecule has 11 heavy (non-hydrogen) atoms. The van der Waals surface area contributed by atoms with Gasteiger partial charge in [0.2, 0.25) is 0 Å². The molecule has 0 amide bonds. The minimum atomic E-state index is 0.340. The van der Waals surface area contributed by atoms with Gasteiger partial charge in [-0.2, -0.15) is 0 Å². The quantitative estimate of drug-likeness (QED) is 0.585. The lowest BCUT2D eigenvalue weighted by Gasteiger charge is -2.01. The van der Waals surface area contributed by atoms with Crippen LogP contribution in [0.25, 0.3) is 0 Å². The van der Waals surface area contributed by atoms with Crippen LogP contribution in [0.4, 0.5) is 0 Å². The largest absolute Gasteiger partial charge is 0.267 e. The zero-order valence-electron chi connectivity index (χ0n) is 7.13. The lowest BCUT2D eigenvalue weighted by Crippen LogP contribution is -1.89. The molecule has 0 aromatic heterocycles. The van der Waals surface area contributed by atoms with E-state index in [0.29, 0.717) is 11.1 Å². The monoisotopic (exact) mass is 172 g/mol. The molecule has 0 aliphatic rings. The van der Waals surface area contributed by atoms with E-state index in [1.165, 1.54) is 0 Å². The van der Waals surface area contributed by atoms with Gasteiger partial charge >= 0.3 is 0 Å². The molecule has 0 rings (SSSR count). The molecule has 0 spiro atoms. The first-order valence-electron chi connectivity index (χ1n) is 3.44. The third kappa shape index (κ3) is 4.73. The van der Waals surface area contributed by atoms with Crippen molar-refractivity contribution < 1.29 is 0 Å². The molecule has 0 unspecified atom stereocenters. The first kappa shape index (κ1) is 10.4. The maximum atomic E-state index is 5.53. The second kappa shape index (κ2) is 5.08. The summed E-state index contributed by atoms with van der Waals surface area (Å²) in [6.45, 7) is 9.21. The average Bonchev–Trinajstić information content (AvgIpc) is 1.87. The Labute approximate surface area is 72.7 Å². The highest BCUT2D eigenvalue weighted by atomic mass is 35.5. The fraction of sp³-hybridized carbons (Fsp3) is 0.500. The SMILES string of the molecule is C=N/C(=C\N=C(/C)Cl)C(C)C. The third-order valence-corrected chi connectivity index (χ3v) is 1.25. The van der Waals surface area contributed by atoms with Crippen LogP contribution >= 0.6 is 11.6 Å². The highest BCUT2D eigenvalue weighted by Gasteiger charge is 1.97. The summed E-state index contributed by atoms with van der Waals surface area (Å²) in [6, 6.07) is 0. The zero-order chi connectivity index (χ0) is 8.85. The maximum Gasteiger partial charge on any atom is 0.103 e. The normalized spacial score (nSPS) is 13.9. The van der Waals surface area contributed by atoms with Crippen LogP contribution in [0.15, 0.2) is 21.9 Å². The molecule has 0 aliphatic heterocycles. The van der Waals surface area contributed by atoms with Gasteiger partial charge in [0.15, 0.2) is 0 Å². The minimum Gasteiger partial charge on any atom is -0.267 e. The maximum absolute atomic E-state index is 5.53. The summed E-state index contributed by atoms with van der Waals surface area (Å²) in [5, 5.41) is 0.506. The number of allylic oxidation sites excluding steroid dienone is 1. The van der Waals surface area contributed by atoms with Crippen LogP contribution in [-0.2, 0) is 0 Å². The average molecular weight is 173 g/mol. The molecule has 0 N–H and O–H groups in total. The van der Waals surface area contributed by atoms with Crippen LogP contribution in [0, 0.1) is 5.92 Å². The van der Waals surface area contributed by atoms with Gasteiger partial charge in [-0.15, -0.1) is 0 Å². The standard InChI is InChI=1S/C8H13ClN2/c1-6(2)8(10-4)5-11-7(3)9/h5-6H,4H2,1-3H3/b8-5-,11-7+. The van der Waals surface area contributed by atoms with E-state index in [4.69, 9.17) is 11.6 Å². The Morgan fingerprint density at radius 1 is 1.55 bits per heavy atom. The molecule has 0 saturated heterocycles. The number of aliphatic imine (C=N–C) groups is 2. The van der Waals surface area contributed by atoms with Crippen molar-refractivity contribution in [3.05, 3.63) is 11.9 Å². The van der Waals surface area contributed by atoms with Gasteiger partial charge in [-0.25, -0.2) is 4.99 Å². The van der Waals surface area contributed by atoms with Crippen LogP contribution in [-0.4, -0.2) is 11.9 Å². The second-order valence-corrected chi connectivity index (χ2v) is 3.04. The van der Waals surface area contributed by atoms with Crippen molar-refractivity contribution in [2.45, 2.75) is 20.8 Å². The highest BCUT2D eigenvalue weighted by molar-refractivity contribution is 6.64. The molecule has 0 bridgehead atoms. The third-order valence-electron chi connectivity index (χ3n) is 1.15. The first-order chi connectivity index (χ1) is 5.07. The van der Waals surface area contributed by atoms with Gasteiger partial charge in [0.25, 0.3) is 0 Å². The number of hydrogen-bond donors (Lipinski definition) is 0. The van der Waals surface area contributed by atoms with Crippen LogP contribution in [0.3, 0.4) is 0 Å². The summed E-state index contributed by atoms with van der Waals surface area (Å²) in [5.41, 5.74) is 0.852. The molecule has 0 saturated carbocycles. The van der Waals surface area contributed by atoms with Gasteiger partial charge in [-0.05, 0) is 19.6 Å². The second-order valence-electron chi connectivity index (χ2n) is 2.49. The lowest BCUT2D eigenvalue weighted by molar-refractivity contribution is 0.757. The van der Waals surface area contributed by atoms with Gasteiger partial charge < -0.3 is 0 Å². The summed E-state index contributed by atoms with van der Waals surface area (Å²) >= 11 is 5.53. The molecular weight excluding hydrogens is 160 g/mol. The van der Waals surface area contributed by atoms with Gasteiger partial charge in [0.05, 0.1) is 5.70 Å². The summed E-state index contributed by atoms with van der Waals surface area (Å²) in [5.74, 6) is 0.340. The van der Waals surface area contributed by atoms with Crippen molar-refractivity contribution in [1.29, 1.82) is 0 Å². The van der Waals surface area contributed by atoms with E-state index in [2.05, 4.69) is 16.7 Å². The Hall–Kier alpha value is -0.630. The van der Waals surface area contributed by atoms with Crippen molar-refractivity contribution in [2.24, 2.45) is 15.9 Å². The smallest absolute Gasteiger partial charge is 0.103 e. The highest BCUT2D eigenvalue weighted by Crippen LogP contribution is 2.09. The van der Waals surface area contributed by atoms with Crippen LogP contribution in [0.5, 0.6) is 0 Å². The Morgan fingerprint density at radius 3 is 2.36 bits per heavy atom. The summed E-state index contributed by atoms with van der Waals surface area (Å²) < 4.78 is 0. The van der Waals surface area contributed by atoms with E-state index in [1.54, 1.807) is 13.1 Å². The topological polar surface area (TPSA) is 24.7 Å². The molecule has 0 radical (unpaired) electrons. The fourth-order valence-electron chi connectivity index (χ4n) is 0.528. The van der Waals surface area contributed by atoms with Crippen molar-refractivity contribution in [2.75, 3.05) is 0 Å². The van der Waals surface area contributed by atoms with Crippen LogP contribution < -0.4 is 0 Å². The van der Waals surface area contributed by atoms with Crippen molar-refractivity contribution >= 4 is 23.5 Å². The summed E-state index contributed by atoms with van der Waals surface area (Å²) in [6.07, 6.45) is 1.64. The summed E-state index contributed by atoms with van der Waals surface area (Å²) in [4.78, 5) is 7.71. The molecule has 0 fully saturated rings. The molecule has 0 atom stereocenters. The van der Waals surface area contributed by atoms with E-state index in [-0.39, 0.29) is 0 Å². The molecule has 0 aromatic rings. The Balaban J connectivity index is 4.36. The predicted molar refractivity (Wildman–Crippen MR) is 51.4 cm³/mol. The number of rotatable bonds is 3. The molecule has 0 aliphatic carbocycles. The molecule has 2 nitrogen and oxygen atoms in total. The van der Waals surface area contributed by atoms with Gasteiger partial charge in [0.1, 0.15) is 5.17 Å². The van der Waals surface area contributed by atoms with Crippen molar-refractivity contribution in [3.63, 3.8) is 0 Å². The zero-order valence-corrected chi connectivity index (χ0v) is 7.89. The summed E-state index contributed by atoms with van der Waals surface area (Å²) in [7, 11) is 0. The van der Waals surface area contributed by atoms with E-state index in [9.17, 15) is 0 Å². The van der Waals surface area contributed by atoms with E-state index in [0.717, 1.165) is 5.70 Å². The fourth-order valence-corrected chi connectivity index (χ4v) is 0.576. The molecule has 0 heterocycles. The Bertz CT molecular complexity index is 188. The van der Waals surface area contributed by atoms with Crippen molar-refractivity contribution in [3.8, 4) is 0 Å². The van der Waals surface area contributed by atoms with E-state index in [1.807, 2.05) is 13.8 Å². The first-order valence-corrected chi connectivity index (χ1v) is 3.82. The van der Waals surface area contributed by atoms with E-state index < -0.39 is 0 Å². The predicted octanol–water partition coefficient (Wildman–Crippen LogP) is 2.84. The van der Waals surface area contributed by atoms with Crippen LogP contribution in [0.2, 0.25) is 0 Å². The Morgan fingerprint density at radius 2 is 2.09 bits per heavy atom. The lowest BCUT2D eigenvalue weighted by atomic mass is 10.1. The van der Waals surface area contributed by atoms with Gasteiger partial charge in [0, 0.05) is 6.20 Å². The van der Waals surface area contributed by atoms with Gasteiger partial charge in [-0.1, -0.05) is 25.4 Å². The number of hydrogen-bond acceptors (Lipinski definition) is 2.